The topological polar surface area (TPSA) is 45.9 Å². The van der Waals surface area contributed by atoms with Gasteiger partial charge in [-0.25, -0.2) is 0 Å². The molecule has 0 radical (unpaired) electrons. The van der Waals surface area contributed by atoms with E-state index in [0.717, 1.165) is 10.9 Å². The third-order valence-corrected chi connectivity index (χ3v) is 3.09. The Kier molecular flexibility index (Phi) is 3.24. The predicted molar refractivity (Wildman–Crippen MR) is 78.0 cm³/mol. The number of halogens is 1. The van der Waals surface area contributed by atoms with Crippen LogP contribution >= 0.6 is 11.6 Å². The van der Waals surface area contributed by atoms with Crippen LogP contribution in [-0.2, 0) is 0 Å². The van der Waals surface area contributed by atoms with Crippen LogP contribution in [0.25, 0.3) is 10.9 Å². The Morgan fingerprint density at radius 3 is 2.80 bits per heavy atom. The summed E-state index contributed by atoms with van der Waals surface area (Å²) in [5.74, 6) is 1.05. The van der Waals surface area contributed by atoms with Gasteiger partial charge in [-0.05, 0) is 30.3 Å². The van der Waals surface area contributed by atoms with Crippen LogP contribution in [0.1, 0.15) is 5.56 Å². The lowest BCUT2D eigenvalue weighted by Crippen LogP contribution is -1.89. The second kappa shape index (κ2) is 5.20. The van der Waals surface area contributed by atoms with Crippen molar-refractivity contribution in [2.24, 2.45) is 0 Å². The van der Waals surface area contributed by atoms with Gasteiger partial charge in [0.05, 0.1) is 17.3 Å². The Morgan fingerprint density at radius 1 is 1.10 bits per heavy atom. The van der Waals surface area contributed by atoms with Crippen molar-refractivity contribution < 1.29 is 4.74 Å². The molecule has 0 aliphatic rings. The maximum atomic E-state index is 9.09. The Hall–Kier alpha value is -2.57. The van der Waals surface area contributed by atoms with Crippen LogP contribution in [0.4, 0.5) is 0 Å². The van der Waals surface area contributed by atoms with Crippen molar-refractivity contribution in [3.05, 3.63) is 65.3 Å². The molecule has 3 aromatic rings. The molecule has 0 atom stereocenters. The van der Waals surface area contributed by atoms with Crippen LogP contribution in [0.15, 0.2) is 54.7 Å². The molecule has 0 aliphatic carbocycles. The van der Waals surface area contributed by atoms with Gasteiger partial charge in [0.15, 0.2) is 0 Å². The summed E-state index contributed by atoms with van der Waals surface area (Å²) in [6.07, 6.45) is 1.64. The molecule has 3 rings (SSSR count). The second-order valence-electron chi connectivity index (χ2n) is 4.22. The number of ether oxygens (including phenoxy) is 1. The molecule has 2 aromatic carbocycles. The first-order valence-corrected chi connectivity index (χ1v) is 6.36. The molecule has 1 heterocycles. The Balaban J connectivity index is 1.99. The molecule has 0 aliphatic heterocycles. The van der Waals surface area contributed by atoms with E-state index >= 15 is 0 Å². The number of benzene rings is 2. The summed E-state index contributed by atoms with van der Waals surface area (Å²) >= 11 is 5.86. The van der Waals surface area contributed by atoms with Crippen molar-refractivity contribution in [3.63, 3.8) is 0 Å². The zero-order valence-electron chi connectivity index (χ0n) is 10.4. The van der Waals surface area contributed by atoms with Gasteiger partial charge in [-0.15, -0.1) is 0 Å². The lowest BCUT2D eigenvalue weighted by atomic mass is 10.2. The van der Waals surface area contributed by atoms with Crippen LogP contribution in [0, 0.1) is 11.3 Å². The molecular formula is C16H9ClN2O. The van der Waals surface area contributed by atoms with Crippen molar-refractivity contribution in [2.45, 2.75) is 0 Å². The smallest absolute Gasteiger partial charge is 0.146 e. The molecule has 0 fully saturated rings. The van der Waals surface area contributed by atoms with Crippen molar-refractivity contribution in [2.75, 3.05) is 0 Å². The fourth-order valence-electron chi connectivity index (χ4n) is 1.91. The van der Waals surface area contributed by atoms with E-state index in [9.17, 15) is 0 Å². The fourth-order valence-corrected chi connectivity index (χ4v) is 2.08. The van der Waals surface area contributed by atoms with Gasteiger partial charge < -0.3 is 4.74 Å². The van der Waals surface area contributed by atoms with Crippen molar-refractivity contribution in [3.8, 4) is 17.6 Å². The summed E-state index contributed by atoms with van der Waals surface area (Å²) in [4.78, 5) is 4.32. The lowest BCUT2D eigenvalue weighted by Gasteiger charge is -2.08. The standard InChI is InChI=1S/C16H9ClN2O/c17-13-5-6-16(12(7-13)9-18)20-14-8-11-3-1-2-4-15(11)19-10-14/h1-8,10H. The molecule has 0 amide bonds. The molecule has 0 unspecified atom stereocenters. The highest BCUT2D eigenvalue weighted by Crippen LogP contribution is 2.28. The summed E-state index contributed by atoms with van der Waals surface area (Å²) in [6, 6.07) is 16.7. The predicted octanol–water partition coefficient (Wildman–Crippen LogP) is 4.55. The van der Waals surface area contributed by atoms with E-state index < -0.39 is 0 Å². The van der Waals surface area contributed by atoms with Crippen molar-refractivity contribution in [1.82, 2.24) is 4.98 Å². The minimum atomic E-state index is 0.394. The van der Waals surface area contributed by atoms with E-state index in [1.54, 1.807) is 24.4 Å². The van der Waals surface area contributed by atoms with Crippen LogP contribution in [0.5, 0.6) is 11.5 Å². The van der Waals surface area contributed by atoms with E-state index in [2.05, 4.69) is 11.1 Å². The third kappa shape index (κ3) is 2.42. The first-order valence-electron chi connectivity index (χ1n) is 5.98. The second-order valence-corrected chi connectivity index (χ2v) is 4.65. The monoisotopic (exact) mass is 280 g/mol. The van der Waals surface area contributed by atoms with E-state index in [4.69, 9.17) is 21.6 Å². The molecule has 3 nitrogen and oxygen atoms in total. The zero-order chi connectivity index (χ0) is 13.9. The van der Waals surface area contributed by atoms with Crippen LogP contribution in [0.2, 0.25) is 5.02 Å². The summed E-state index contributed by atoms with van der Waals surface area (Å²) in [5, 5.41) is 10.6. The quantitative estimate of drug-likeness (QED) is 0.691. The SMILES string of the molecule is N#Cc1cc(Cl)ccc1Oc1cnc2ccccc2c1. The van der Waals surface area contributed by atoms with E-state index in [1.165, 1.54) is 0 Å². The van der Waals surface area contributed by atoms with Gasteiger partial charge in [0, 0.05) is 10.4 Å². The highest BCUT2D eigenvalue weighted by Gasteiger charge is 2.06. The zero-order valence-corrected chi connectivity index (χ0v) is 11.1. The van der Waals surface area contributed by atoms with Crippen LogP contribution < -0.4 is 4.74 Å². The maximum absolute atomic E-state index is 9.09. The average Bonchev–Trinajstić information content (AvgIpc) is 2.49. The Morgan fingerprint density at radius 2 is 1.95 bits per heavy atom. The molecule has 0 saturated heterocycles. The van der Waals surface area contributed by atoms with Crippen LogP contribution in [0.3, 0.4) is 0 Å². The van der Waals surface area contributed by atoms with E-state index in [1.807, 2.05) is 30.3 Å². The number of aromatic nitrogens is 1. The normalized spacial score (nSPS) is 10.2. The van der Waals surface area contributed by atoms with E-state index in [0.29, 0.717) is 22.1 Å². The Bertz CT molecular complexity index is 824. The van der Waals surface area contributed by atoms with Gasteiger partial charge in [-0.2, -0.15) is 5.26 Å². The maximum Gasteiger partial charge on any atom is 0.146 e. The summed E-state index contributed by atoms with van der Waals surface area (Å²) < 4.78 is 5.72. The third-order valence-electron chi connectivity index (χ3n) is 2.86. The largest absolute Gasteiger partial charge is 0.454 e. The summed E-state index contributed by atoms with van der Waals surface area (Å²) in [5.41, 5.74) is 1.29. The highest BCUT2D eigenvalue weighted by molar-refractivity contribution is 6.30. The van der Waals surface area contributed by atoms with Crippen molar-refractivity contribution in [1.29, 1.82) is 5.26 Å². The number of rotatable bonds is 2. The number of pyridine rings is 1. The first-order chi connectivity index (χ1) is 9.76. The van der Waals surface area contributed by atoms with Gasteiger partial charge in [-0.1, -0.05) is 29.8 Å². The fraction of sp³-hybridized carbons (Fsp3) is 0. The lowest BCUT2D eigenvalue weighted by molar-refractivity contribution is 0.480. The van der Waals surface area contributed by atoms with Gasteiger partial charge >= 0.3 is 0 Å². The molecule has 0 N–H and O–H groups in total. The number of hydrogen-bond acceptors (Lipinski definition) is 3. The van der Waals surface area contributed by atoms with E-state index in [-0.39, 0.29) is 0 Å². The van der Waals surface area contributed by atoms with Crippen molar-refractivity contribution >= 4 is 22.5 Å². The molecule has 1 aromatic heterocycles. The Labute approximate surface area is 121 Å². The molecule has 4 heteroatoms. The summed E-state index contributed by atoms with van der Waals surface area (Å²) in [7, 11) is 0. The molecule has 20 heavy (non-hydrogen) atoms. The van der Waals surface area contributed by atoms with Gasteiger partial charge in [0.25, 0.3) is 0 Å². The number of nitriles is 1. The van der Waals surface area contributed by atoms with Crippen LogP contribution in [-0.4, -0.2) is 4.98 Å². The highest BCUT2D eigenvalue weighted by atomic mass is 35.5. The molecule has 0 spiro atoms. The minimum absolute atomic E-state index is 0.394. The first kappa shape index (κ1) is 12.5. The number of para-hydroxylation sites is 1. The van der Waals surface area contributed by atoms with Gasteiger partial charge in [-0.3, -0.25) is 4.98 Å². The molecule has 96 valence electrons. The minimum Gasteiger partial charge on any atom is -0.454 e. The number of nitrogens with zero attached hydrogens (tertiary/aromatic N) is 2. The molecule has 0 bridgehead atoms. The number of hydrogen-bond donors (Lipinski definition) is 0. The molecular weight excluding hydrogens is 272 g/mol. The molecule has 0 saturated carbocycles. The van der Waals surface area contributed by atoms with Gasteiger partial charge in [0.1, 0.15) is 17.6 Å². The number of fused-ring (bicyclic) bond motifs is 1. The van der Waals surface area contributed by atoms with Gasteiger partial charge in [0.2, 0.25) is 0 Å². The summed E-state index contributed by atoms with van der Waals surface area (Å²) in [6.45, 7) is 0. The average molecular weight is 281 g/mol.